The van der Waals surface area contributed by atoms with E-state index in [2.05, 4.69) is 9.72 Å². The van der Waals surface area contributed by atoms with Crippen molar-refractivity contribution in [1.82, 2.24) is 14.2 Å². The molecule has 258 valence electrons. The summed E-state index contributed by atoms with van der Waals surface area (Å²) in [6.07, 6.45) is 2.19. The molecule has 2 aromatic carbocycles. The smallest absolute Gasteiger partial charge is 0.387 e. The summed E-state index contributed by atoms with van der Waals surface area (Å²) in [5.74, 6) is -1.10. The molecule has 0 N–H and O–H groups in total. The Morgan fingerprint density at radius 1 is 1.08 bits per heavy atom. The number of esters is 1. The molecule has 2 atom stereocenters. The van der Waals surface area contributed by atoms with Crippen molar-refractivity contribution in [2.24, 2.45) is 5.92 Å². The molecule has 2 unspecified atom stereocenters. The Balaban J connectivity index is 1.40. The topological polar surface area (TPSA) is 125 Å². The molecular formula is C32H33Cl2F2N3O8S. The van der Waals surface area contributed by atoms with Gasteiger partial charge in [-0.3, -0.25) is 9.78 Å². The molecule has 1 amide bonds. The molecule has 1 aromatic heterocycles. The quantitative estimate of drug-likeness (QED) is 0.213. The zero-order valence-corrected chi connectivity index (χ0v) is 28.3. The lowest BCUT2D eigenvalue weighted by Crippen LogP contribution is -2.49. The van der Waals surface area contributed by atoms with E-state index < -0.39 is 34.8 Å². The predicted octanol–water partition coefficient (Wildman–Crippen LogP) is 5.40. The van der Waals surface area contributed by atoms with E-state index in [1.54, 1.807) is 14.1 Å². The van der Waals surface area contributed by atoms with E-state index in [0.29, 0.717) is 23.7 Å². The molecule has 1 saturated heterocycles. The van der Waals surface area contributed by atoms with Crippen LogP contribution in [0.1, 0.15) is 40.4 Å². The van der Waals surface area contributed by atoms with E-state index in [9.17, 15) is 26.8 Å². The number of sulfonamides is 1. The van der Waals surface area contributed by atoms with E-state index in [1.807, 2.05) is 0 Å². The Morgan fingerprint density at radius 2 is 1.81 bits per heavy atom. The maximum Gasteiger partial charge on any atom is 0.387 e. The molecular weight excluding hydrogens is 695 g/mol. The van der Waals surface area contributed by atoms with Crippen molar-refractivity contribution < 1.29 is 45.7 Å². The van der Waals surface area contributed by atoms with Crippen LogP contribution in [0.2, 0.25) is 10.0 Å². The van der Waals surface area contributed by atoms with Crippen LogP contribution in [-0.2, 0) is 30.7 Å². The number of carbonyl (C=O) groups is 2. The molecule has 0 radical (unpaired) electrons. The molecule has 0 bridgehead atoms. The van der Waals surface area contributed by atoms with Gasteiger partial charge in [-0.1, -0.05) is 35.3 Å². The van der Waals surface area contributed by atoms with Gasteiger partial charge in [0, 0.05) is 45.0 Å². The molecule has 0 spiro atoms. The number of benzene rings is 2. The lowest BCUT2D eigenvalue weighted by Gasteiger charge is -2.32. The van der Waals surface area contributed by atoms with Crippen LogP contribution in [-0.4, -0.2) is 87.6 Å². The molecule has 2 heterocycles. The highest BCUT2D eigenvalue weighted by Gasteiger charge is 2.37. The maximum absolute atomic E-state index is 13.6. The summed E-state index contributed by atoms with van der Waals surface area (Å²) >= 11 is 12.8. The molecule has 16 heteroatoms. The monoisotopic (exact) mass is 727 g/mol. The van der Waals surface area contributed by atoms with Crippen molar-refractivity contribution in [3.8, 4) is 11.5 Å². The van der Waals surface area contributed by atoms with Crippen molar-refractivity contribution in [3.63, 3.8) is 0 Å². The second-order valence-electron chi connectivity index (χ2n) is 11.5. The number of amides is 1. The highest BCUT2D eigenvalue weighted by atomic mass is 35.5. The first-order valence-corrected chi connectivity index (χ1v) is 17.2. The number of ether oxygens (including phenoxy) is 4. The summed E-state index contributed by atoms with van der Waals surface area (Å²) in [5, 5.41) is 0.403. The van der Waals surface area contributed by atoms with Crippen molar-refractivity contribution in [2.45, 2.75) is 43.0 Å². The highest BCUT2D eigenvalue weighted by Crippen LogP contribution is 2.38. The third-order valence-corrected chi connectivity index (χ3v) is 10.3. The van der Waals surface area contributed by atoms with Crippen LogP contribution in [0.15, 0.2) is 59.8 Å². The number of hydrogen-bond acceptors (Lipinski definition) is 9. The predicted molar refractivity (Wildman–Crippen MR) is 171 cm³/mol. The summed E-state index contributed by atoms with van der Waals surface area (Å²) in [6, 6.07) is 9.81. The lowest BCUT2D eigenvalue weighted by atomic mass is 10.0. The molecule has 1 saturated carbocycles. The van der Waals surface area contributed by atoms with Crippen molar-refractivity contribution >= 4 is 45.1 Å². The fourth-order valence-corrected chi connectivity index (χ4v) is 6.96. The molecule has 5 rings (SSSR count). The van der Waals surface area contributed by atoms with E-state index >= 15 is 0 Å². The van der Waals surface area contributed by atoms with Gasteiger partial charge in [0.1, 0.15) is 6.10 Å². The number of pyridine rings is 1. The first-order valence-electron chi connectivity index (χ1n) is 15.0. The van der Waals surface area contributed by atoms with Crippen LogP contribution in [0.5, 0.6) is 11.5 Å². The fourth-order valence-electron chi connectivity index (χ4n) is 4.97. The number of nitrogens with zero attached hydrogens (tertiary/aromatic N) is 3. The van der Waals surface area contributed by atoms with Crippen LogP contribution < -0.4 is 9.47 Å². The summed E-state index contributed by atoms with van der Waals surface area (Å²) in [6.45, 7) is -3.33. The molecule has 1 aliphatic carbocycles. The number of aromatic nitrogens is 1. The third kappa shape index (κ3) is 8.72. The van der Waals surface area contributed by atoms with Gasteiger partial charge in [0.2, 0.25) is 10.0 Å². The summed E-state index contributed by atoms with van der Waals surface area (Å²) < 4.78 is 76.7. The van der Waals surface area contributed by atoms with Crippen LogP contribution in [0.4, 0.5) is 8.78 Å². The maximum atomic E-state index is 13.6. The normalized spacial score (nSPS) is 17.5. The minimum Gasteiger partial charge on any atom is -0.489 e. The second-order valence-corrected chi connectivity index (χ2v) is 14.3. The van der Waals surface area contributed by atoms with Gasteiger partial charge < -0.3 is 23.8 Å². The SMILES string of the molecule is CN(C)C(=O)c1cccc(S(=O)(=O)N2CCOC(C(=O)OC(Cc3c(Cl)cncc3Cl)c3ccc(OC(F)F)c(OCC4CC4)c3)C2)c1. The number of morpholine rings is 1. The standard InChI is InChI=1S/C32H33Cl2F2N3O8S/c1-38(2)30(40)21-4-3-5-22(12-21)48(42,43)39-10-11-44-29(17-39)31(41)46-27(14-23-24(33)15-37-16-25(23)34)20-8-9-26(47-32(35)36)28(13-20)45-18-19-6-7-19/h3-5,8-9,12-13,15-16,19,27,29,32H,6-7,10-11,14,17-18H2,1-2H3. The first kappa shape index (κ1) is 35.7. The number of halogens is 4. The minimum absolute atomic E-state index is 0.0360. The fraction of sp³-hybridized carbons (Fsp3) is 0.406. The zero-order valence-electron chi connectivity index (χ0n) is 26.0. The van der Waals surface area contributed by atoms with E-state index in [1.165, 1.54) is 59.8 Å². The highest BCUT2D eigenvalue weighted by molar-refractivity contribution is 7.89. The van der Waals surface area contributed by atoms with Gasteiger partial charge in [0.15, 0.2) is 17.6 Å². The van der Waals surface area contributed by atoms with Gasteiger partial charge in [-0.2, -0.15) is 13.1 Å². The summed E-state index contributed by atoms with van der Waals surface area (Å²) in [5.41, 5.74) is 0.940. The van der Waals surface area contributed by atoms with Crippen LogP contribution in [0.3, 0.4) is 0 Å². The van der Waals surface area contributed by atoms with Crippen LogP contribution in [0, 0.1) is 5.92 Å². The first-order chi connectivity index (χ1) is 22.8. The van der Waals surface area contributed by atoms with Gasteiger partial charge >= 0.3 is 12.6 Å². The van der Waals surface area contributed by atoms with Gasteiger partial charge in [0.05, 0.1) is 34.7 Å². The Labute approximate surface area is 286 Å². The van der Waals surface area contributed by atoms with Crippen molar-refractivity contribution in [2.75, 3.05) is 40.4 Å². The largest absolute Gasteiger partial charge is 0.489 e. The van der Waals surface area contributed by atoms with E-state index in [4.69, 9.17) is 37.4 Å². The average molecular weight is 729 g/mol. The Kier molecular flexibility index (Phi) is 11.4. The summed E-state index contributed by atoms with van der Waals surface area (Å²) in [7, 11) is -1.03. The van der Waals surface area contributed by atoms with Crippen molar-refractivity contribution in [3.05, 3.63) is 81.6 Å². The molecule has 2 aliphatic rings. The number of rotatable bonds is 13. The Morgan fingerprint density at radius 3 is 2.48 bits per heavy atom. The van der Waals surface area contributed by atoms with E-state index in [-0.39, 0.29) is 64.0 Å². The summed E-state index contributed by atoms with van der Waals surface area (Å²) in [4.78, 5) is 31.3. The van der Waals surface area contributed by atoms with E-state index in [0.717, 1.165) is 17.1 Å². The van der Waals surface area contributed by atoms with Crippen LogP contribution in [0.25, 0.3) is 0 Å². The minimum atomic E-state index is -4.14. The van der Waals surface area contributed by atoms with Gasteiger partial charge in [0.25, 0.3) is 5.91 Å². The van der Waals surface area contributed by atoms with Gasteiger partial charge in [-0.25, -0.2) is 13.2 Å². The molecule has 3 aromatic rings. The number of hydrogen-bond donors (Lipinski definition) is 0. The zero-order chi connectivity index (χ0) is 34.6. The molecule has 11 nitrogen and oxygen atoms in total. The third-order valence-electron chi connectivity index (χ3n) is 7.74. The van der Waals surface area contributed by atoms with Gasteiger partial charge in [-0.15, -0.1) is 0 Å². The van der Waals surface area contributed by atoms with Gasteiger partial charge in [-0.05, 0) is 60.2 Å². The van der Waals surface area contributed by atoms with Crippen LogP contribution >= 0.6 is 23.2 Å². The average Bonchev–Trinajstić information content (AvgIpc) is 3.89. The second kappa shape index (κ2) is 15.3. The molecule has 48 heavy (non-hydrogen) atoms. The van der Waals surface area contributed by atoms with Crippen molar-refractivity contribution in [1.29, 1.82) is 0 Å². The lowest BCUT2D eigenvalue weighted by molar-refractivity contribution is -0.166. The Bertz CT molecular complexity index is 1740. The Hall–Kier alpha value is -3.56. The molecule has 1 aliphatic heterocycles. The number of alkyl halides is 2. The number of carbonyl (C=O) groups excluding carboxylic acids is 2. The molecule has 2 fully saturated rings.